The lowest BCUT2D eigenvalue weighted by molar-refractivity contribution is -0.0169. The van der Waals surface area contributed by atoms with E-state index in [9.17, 15) is 9.18 Å². The standard InChI is InChI=1S/C13H17FN2O2/c1-9-3-2-4-11(12(9)14)13(17)16-5-6-18-10(7-15)8-16/h2-4,10H,5-8,15H2,1H3. The Labute approximate surface area is 106 Å². The predicted molar refractivity (Wildman–Crippen MR) is 65.8 cm³/mol. The molecule has 1 aromatic carbocycles. The number of nitrogens with zero attached hydrogens (tertiary/aromatic N) is 1. The van der Waals surface area contributed by atoms with Gasteiger partial charge in [-0.25, -0.2) is 4.39 Å². The maximum atomic E-state index is 13.9. The first-order valence-electron chi connectivity index (χ1n) is 5.99. The number of carbonyl (C=O) groups is 1. The fourth-order valence-electron chi connectivity index (χ4n) is 2.03. The number of ether oxygens (including phenoxy) is 1. The number of hydrogen-bond acceptors (Lipinski definition) is 3. The smallest absolute Gasteiger partial charge is 0.257 e. The van der Waals surface area contributed by atoms with E-state index in [4.69, 9.17) is 10.5 Å². The number of hydrogen-bond donors (Lipinski definition) is 1. The first kappa shape index (κ1) is 13.0. The second-order valence-corrected chi connectivity index (χ2v) is 4.42. The van der Waals surface area contributed by atoms with Gasteiger partial charge in [0.05, 0.1) is 18.3 Å². The maximum Gasteiger partial charge on any atom is 0.257 e. The molecule has 1 fully saturated rings. The van der Waals surface area contributed by atoms with Gasteiger partial charge in [-0.1, -0.05) is 12.1 Å². The topological polar surface area (TPSA) is 55.6 Å². The summed E-state index contributed by atoms with van der Waals surface area (Å²) < 4.78 is 19.3. The van der Waals surface area contributed by atoms with Crippen LogP contribution in [0.5, 0.6) is 0 Å². The monoisotopic (exact) mass is 252 g/mol. The molecule has 0 saturated carbocycles. The zero-order valence-electron chi connectivity index (χ0n) is 10.4. The van der Waals surface area contributed by atoms with Crippen LogP contribution in [-0.4, -0.2) is 43.2 Å². The van der Waals surface area contributed by atoms with Crippen LogP contribution in [0.4, 0.5) is 4.39 Å². The van der Waals surface area contributed by atoms with Gasteiger partial charge in [0.25, 0.3) is 5.91 Å². The fraction of sp³-hybridized carbons (Fsp3) is 0.462. The summed E-state index contributed by atoms with van der Waals surface area (Å²) in [5.74, 6) is -0.740. The van der Waals surface area contributed by atoms with Crippen molar-refractivity contribution >= 4 is 5.91 Å². The van der Waals surface area contributed by atoms with Crippen LogP contribution in [0.15, 0.2) is 18.2 Å². The Kier molecular flexibility index (Phi) is 3.93. The lowest BCUT2D eigenvalue weighted by atomic mass is 10.1. The molecule has 1 unspecified atom stereocenters. The molecule has 0 spiro atoms. The molecule has 0 aliphatic carbocycles. The van der Waals surface area contributed by atoms with Crippen molar-refractivity contribution in [2.45, 2.75) is 13.0 Å². The fourth-order valence-corrected chi connectivity index (χ4v) is 2.03. The number of benzene rings is 1. The van der Waals surface area contributed by atoms with Gasteiger partial charge in [-0.15, -0.1) is 0 Å². The molecule has 1 aromatic rings. The van der Waals surface area contributed by atoms with E-state index >= 15 is 0 Å². The van der Waals surface area contributed by atoms with Crippen LogP contribution in [0.25, 0.3) is 0 Å². The van der Waals surface area contributed by atoms with E-state index in [1.54, 1.807) is 24.0 Å². The van der Waals surface area contributed by atoms with E-state index in [0.29, 0.717) is 31.8 Å². The average Bonchev–Trinajstić information content (AvgIpc) is 2.41. The van der Waals surface area contributed by atoms with Gasteiger partial charge >= 0.3 is 0 Å². The summed E-state index contributed by atoms with van der Waals surface area (Å²) in [4.78, 5) is 13.8. The number of rotatable bonds is 2. The van der Waals surface area contributed by atoms with Crippen molar-refractivity contribution in [3.8, 4) is 0 Å². The van der Waals surface area contributed by atoms with Gasteiger partial charge < -0.3 is 15.4 Å². The van der Waals surface area contributed by atoms with Gasteiger partial charge in [0.15, 0.2) is 0 Å². The summed E-state index contributed by atoms with van der Waals surface area (Å²) in [6.07, 6.45) is -0.157. The molecule has 98 valence electrons. The third kappa shape index (κ3) is 2.52. The minimum absolute atomic E-state index is 0.118. The molecule has 1 saturated heterocycles. The van der Waals surface area contributed by atoms with Gasteiger partial charge in [0.2, 0.25) is 0 Å². The zero-order chi connectivity index (χ0) is 13.1. The van der Waals surface area contributed by atoms with Crippen LogP contribution < -0.4 is 5.73 Å². The third-order valence-corrected chi connectivity index (χ3v) is 3.11. The number of morpholine rings is 1. The number of aryl methyl sites for hydroxylation is 1. The molecule has 4 nitrogen and oxygen atoms in total. The number of amides is 1. The highest BCUT2D eigenvalue weighted by Gasteiger charge is 2.26. The van der Waals surface area contributed by atoms with Crippen molar-refractivity contribution in [1.82, 2.24) is 4.90 Å². The molecule has 2 N–H and O–H groups in total. The molecule has 1 aliphatic rings. The maximum absolute atomic E-state index is 13.9. The Morgan fingerprint density at radius 1 is 1.61 bits per heavy atom. The third-order valence-electron chi connectivity index (χ3n) is 3.11. The summed E-state index contributed by atoms with van der Waals surface area (Å²) in [6, 6.07) is 4.85. The Hall–Kier alpha value is -1.46. The molecule has 0 radical (unpaired) electrons. The molecule has 1 heterocycles. The quantitative estimate of drug-likeness (QED) is 0.852. The van der Waals surface area contributed by atoms with Crippen molar-refractivity contribution in [3.05, 3.63) is 35.1 Å². The zero-order valence-corrected chi connectivity index (χ0v) is 10.4. The van der Waals surface area contributed by atoms with E-state index in [-0.39, 0.29) is 17.6 Å². The van der Waals surface area contributed by atoms with Crippen molar-refractivity contribution in [2.75, 3.05) is 26.2 Å². The van der Waals surface area contributed by atoms with Crippen LogP contribution >= 0.6 is 0 Å². The molecular formula is C13H17FN2O2. The molecule has 0 bridgehead atoms. The normalized spacial score (nSPS) is 19.9. The van der Waals surface area contributed by atoms with Crippen molar-refractivity contribution in [3.63, 3.8) is 0 Å². The summed E-state index contributed by atoms with van der Waals surface area (Å²) in [6.45, 7) is 3.35. The van der Waals surface area contributed by atoms with Gasteiger partial charge in [0, 0.05) is 19.6 Å². The van der Waals surface area contributed by atoms with Crippen LogP contribution in [-0.2, 0) is 4.74 Å². The van der Waals surface area contributed by atoms with E-state index in [0.717, 1.165) is 0 Å². The molecule has 1 aliphatic heterocycles. The SMILES string of the molecule is Cc1cccc(C(=O)N2CCOC(CN)C2)c1F. The average molecular weight is 252 g/mol. The summed E-state index contributed by atoms with van der Waals surface area (Å²) in [5.41, 5.74) is 6.12. The minimum atomic E-state index is -0.446. The Morgan fingerprint density at radius 2 is 2.39 bits per heavy atom. The van der Waals surface area contributed by atoms with Gasteiger partial charge in [-0.05, 0) is 18.6 Å². The number of carbonyl (C=O) groups excluding carboxylic acids is 1. The highest BCUT2D eigenvalue weighted by Crippen LogP contribution is 2.16. The van der Waals surface area contributed by atoms with Crippen LogP contribution in [0.1, 0.15) is 15.9 Å². The molecule has 5 heteroatoms. The largest absolute Gasteiger partial charge is 0.373 e. The first-order chi connectivity index (χ1) is 8.63. The molecule has 1 amide bonds. The van der Waals surface area contributed by atoms with E-state index < -0.39 is 5.82 Å². The summed E-state index contributed by atoms with van der Waals surface area (Å²) >= 11 is 0. The Bertz CT molecular complexity index is 451. The molecule has 1 atom stereocenters. The second-order valence-electron chi connectivity index (χ2n) is 4.42. The number of halogens is 1. The van der Waals surface area contributed by atoms with Gasteiger partial charge in [-0.3, -0.25) is 4.79 Å². The lowest BCUT2D eigenvalue weighted by Crippen LogP contribution is -2.48. The Morgan fingerprint density at radius 3 is 3.11 bits per heavy atom. The van der Waals surface area contributed by atoms with Crippen LogP contribution in [0.2, 0.25) is 0 Å². The van der Waals surface area contributed by atoms with Crippen molar-refractivity contribution in [2.24, 2.45) is 5.73 Å². The number of nitrogens with two attached hydrogens (primary N) is 1. The molecule has 18 heavy (non-hydrogen) atoms. The van der Waals surface area contributed by atoms with Crippen molar-refractivity contribution < 1.29 is 13.9 Å². The minimum Gasteiger partial charge on any atom is -0.373 e. The van der Waals surface area contributed by atoms with Gasteiger partial charge in [0.1, 0.15) is 5.82 Å². The lowest BCUT2D eigenvalue weighted by Gasteiger charge is -2.32. The predicted octanol–water partition coefficient (Wildman–Crippen LogP) is 0.934. The van der Waals surface area contributed by atoms with Crippen LogP contribution in [0.3, 0.4) is 0 Å². The molecular weight excluding hydrogens is 235 g/mol. The highest BCUT2D eigenvalue weighted by atomic mass is 19.1. The summed E-state index contributed by atoms with van der Waals surface area (Å²) in [7, 11) is 0. The van der Waals surface area contributed by atoms with Crippen LogP contribution in [0, 0.1) is 12.7 Å². The highest BCUT2D eigenvalue weighted by molar-refractivity contribution is 5.94. The van der Waals surface area contributed by atoms with Crippen molar-refractivity contribution in [1.29, 1.82) is 0 Å². The van der Waals surface area contributed by atoms with E-state index in [2.05, 4.69) is 0 Å². The summed E-state index contributed by atoms with van der Waals surface area (Å²) in [5, 5.41) is 0. The second kappa shape index (κ2) is 5.46. The Balaban J connectivity index is 2.18. The molecule has 0 aromatic heterocycles. The van der Waals surface area contributed by atoms with E-state index in [1.165, 1.54) is 6.07 Å². The van der Waals surface area contributed by atoms with Gasteiger partial charge in [-0.2, -0.15) is 0 Å². The first-order valence-corrected chi connectivity index (χ1v) is 5.99. The molecule has 2 rings (SSSR count). The van der Waals surface area contributed by atoms with E-state index in [1.807, 2.05) is 0 Å².